The maximum absolute atomic E-state index is 4.42. The molecule has 0 radical (unpaired) electrons. The molecule has 17 heavy (non-hydrogen) atoms. The van der Waals surface area contributed by atoms with Crippen molar-refractivity contribution in [3.8, 4) is 11.3 Å². The molecule has 1 aromatic carbocycles. The van der Waals surface area contributed by atoms with Crippen molar-refractivity contribution >= 4 is 0 Å². The van der Waals surface area contributed by atoms with Gasteiger partial charge in [0.1, 0.15) is 0 Å². The van der Waals surface area contributed by atoms with E-state index in [9.17, 15) is 0 Å². The molecule has 2 heteroatoms. The maximum Gasteiger partial charge on any atom is 0.0705 e. The van der Waals surface area contributed by atoms with E-state index in [1.165, 1.54) is 24.0 Å². The Labute approximate surface area is 102 Å². The van der Waals surface area contributed by atoms with Crippen molar-refractivity contribution in [1.29, 1.82) is 0 Å². The lowest BCUT2D eigenvalue weighted by atomic mass is 10.0. The number of hydrogen-bond acceptors (Lipinski definition) is 2. The van der Waals surface area contributed by atoms with E-state index in [1.807, 2.05) is 18.3 Å². The molecule has 1 aliphatic carbocycles. The predicted molar refractivity (Wildman–Crippen MR) is 69.5 cm³/mol. The van der Waals surface area contributed by atoms with Crippen LogP contribution in [-0.4, -0.2) is 11.0 Å². The number of rotatable bonds is 4. The molecule has 0 unspecified atom stereocenters. The van der Waals surface area contributed by atoms with Gasteiger partial charge >= 0.3 is 0 Å². The van der Waals surface area contributed by atoms with E-state index in [1.54, 1.807) is 0 Å². The first-order valence-corrected chi connectivity index (χ1v) is 6.16. The Morgan fingerprint density at radius 1 is 1.06 bits per heavy atom. The van der Waals surface area contributed by atoms with Crippen LogP contribution in [0.1, 0.15) is 18.4 Å². The van der Waals surface area contributed by atoms with Crippen LogP contribution < -0.4 is 5.32 Å². The molecule has 0 bridgehead atoms. The van der Waals surface area contributed by atoms with Gasteiger partial charge < -0.3 is 5.32 Å². The summed E-state index contributed by atoms with van der Waals surface area (Å²) < 4.78 is 0. The first-order chi connectivity index (χ1) is 8.43. The van der Waals surface area contributed by atoms with Gasteiger partial charge in [-0.25, -0.2) is 0 Å². The number of nitrogens with one attached hydrogen (secondary N) is 1. The monoisotopic (exact) mass is 224 g/mol. The van der Waals surface area contributed by atoms with Crippen molar-refractivity contribution < 1.29 is 0 Å². The molecule has 1 fully saturated rings. The Morgan fingerprint density at radius 2 is 1.88 bits per heavy atom. The van der Waals surface area contributed by atoms with Crippen molar-refractivity contribution in [2.24, 2.45) is 0 Å². The fourth-order valence-electron chi connectivity index (χ4n) is 1.99. The van der Waals surface area contributed by atoms with E-state index >= 15 is 0 Å². The quantitative estimate of drug-likeness (QED) is 0.863. The van der Waals surface area contributed by atoms with Crippen LogP contribution >= 0.6 is 0 Å². The molecule has 0 atom stereocenters. The maximum atomic E-state index is 4.42. The third-order valence-corrected chi connectivity index (χ3v) is 3.12. The molecule has 2 nitrogen and oxygen atoms in total. The summed E-state index contributed by atoms with van der Waals surface area (Å²) in [6, 6.07) is 15.3. The second-order valence-corrected chi connectivity index (χ2v) is 4.53. The predicted octanol–water partition coefficient (Wildman–Crippen LogP) is 3.00. The van der Waals surface area contributed by atoms with Crippen LogP contribution in [0.4, 0.5) is 0 Å². The summed E-state index contributed by atoms with van der Waals surface area (Å²) >= 11 is 0. The summed E-state index contributed by atoms with van der Waals surface area (Å²) in [5, 5.41) is 3.56. The molecule has 1 heterocycles. The second-order valence-electron chi connectivity index (χ2n) is 4.53. The van der Waals surface area contributed by atoms with Crippen LogP contribution in [0, 0.1) is 0 Å². The van der Waals surface area contributed by atoms with Crippen molar-refractivity contribution in [3.63, 3.8) is 0 Å². The molecule has 2 aromatic rings. The van der Waals surface area contributed by atoms with Gasteiger partial charge in [-0.2, -0.15) is 0 Å². The zero-order valence-corrected chi connectivity index (χ0v) is 9.76. The first kappa shape index (κ1) is 10.5. The average Bonchev–Trinajstić information content (AvgIpc) is 3.22. The minimum Gasteiger partial charge on any atom is -0.310 e. The molecule has 1 N–H and O–H groups in total. The highest BCUT2D eigenvalue weighted by molar-refractivity contribution is 5.63. The molecule has 3 rings (SSSR count). The lowest BCUT2D eigenvalue weighted by molar-refractivity contribution is 0.688. The van der Waals surface area contributed by atoms with E-state index in [-0.39, 0.29) is 0 Å². The third-order valence-electron chi connectivity index (χ3n) is 3.12. The fourth-order valence-corrected chi connectivity index (χ4v) is 1.99. The van der Waals surface area contributed by atoms with Crippen molar-refractivity contribution in [2.45, 2.75) is 25.4 Å². The fraction of sp³-hybridized carbons (Fsp3) is 0.267. The summed E-state index contributed by atoms with van der Waals surface area (Å²) in [4.78, 5) is 4.42. The van der Waals surface area contributed by atoms with Crippen LogP contribution in [0.25, 0.3) is 11.3 Å². The number of hydrogen-bond donors (Lipinski definition) is 1. The molecule has 1 aliphatic rings. The van der Waals surface area contributed by atoms with Gasteiger partial charge in [-0.1, -0.05) is 30.3 Å². The number of benzene rings is 1. The summed E-state index contributed by atoms with van der Waals surface area (Å²) in [6.45, 7) is 0.942. The number of pyridine rings is 1. The summed E-state index contributed by atoms with van der Waals surface area (Å²) in [5.74, 6) is 0. The molecule has 0 saturated heterocycles. The van der Waals surface area contributed by atoms with E-state index in [2.05, 4.69) is 40.6 Å². The third kappa shape index (κ3) is 2.53. The van der Waals surface area contributed by atoms with Crippen molar-refractivity contribution in [1.82, 2.24) is 10.3 Å². The van der Waals surface area contributed by atoms with Gasteiger partial charge in [0.25, 0.3) is 0 Å². The second kappa shape index (κ2) is 4.68. The Morgan fingerprint density at radius 3 is 2.65 bits per heavy atom. The SMILES string of the molecule is c1ccc(-c2ccccc2CNC2CC2)nc1. The molecule has 0 amide bonds. The highest BCUT2D eigenvalue weighted by Gasteiger charge is 2.20. The molecular weight excluding hydrogens is 208 g/mol. The van der Waals surface area contributed by atoms with E-state index in [0.717, 1.165) is 18.3 Å². The van der Waals surface area contributed by atoms with Crippen LogP contribution in [0.5, 0.6) is 0 Å². The van der Waals surface area contributed by atoms with E-state index in [0.29, 0.717) is 0 Å². The summed E-state index contributed by atoms with van der Waals surface area (Å²) in [7, 11) is 0. The molecule has 1 saturated carbocycles. The van der Waals surface area contributed by atoms with Crippen LogP contribution in [0.2, 0.25) is 0 Å². The lowest BCUT2D eigenvalue weighted by Crippen LogP contribution is -2.15. The van der Waals surface area contributed by atoms with Crippen molar-refractivity contribution in [2.75, 3.05) is 0 Å². The van der Waals surface area contributed by atoms with Gasteiger partial charge in [-0.15, -0.1) is 0 Å². The largest absolute Gasteiger partial charge is 0.310 e. The normalized spacial score (nSPS) is 14.8. The lowest BCUT2D eigenvalue weighted by Gasteiger charge is -2.09. The number of nitrogens with zero attached hydrogens (tertiary/aromatic N) is 1. The highest BCUT2D eigenvalue weighted by Crippen LogP contribution is 2.23. The van der Waals surface area contributed by atoms with Gasteiger partial charge in [-0.05, 0) is 30.5 Å². The average molecular weight is 224 g/mol. The molecule has 1 aromatic heterocycles. The smallest absolute Gasteiger partial charge is 0.0705 e. The Bertz CT molecular complexity index is 489. The van der Waals surface area contributed by atoms with Gasteiger partial charge in [-0.3, -0.25) is 4.98 Å². The van der Waals surface area contributed by atoms with Crippen LogP contribution in [-0.2, 0) is 6.54 Å². The van der Waals surface area contributed by atoms with Crippen molar-refractivity contribution in [3.05, 3.63) is 54.2 Å². The Hall–Kier alpha value is -1.67. The molecular formula is C15H16N2. The molecule has 0 aliphatic heterocycles. The van der Waals surface area contributed by atoms with Crippen LogP contribution in [0.3, 0.4) is 0 Å². The summed E-state index contributed by atoms with van der Waals surface area (Å²) in [6.07, 6.45) is 4.50. The van der Waals surface area contributed by atoms with Crippen LogP contribution in [0.15, 0.2) is 48.7 Å². The molecule has 86 valence electrons. The van der Waals surface area contributed by atoms with E-state index < -0.39 is 0 Å². The van der Waals surface area contributed by atoms with Gasteiger partial charge in [0.05, 0.1) is 5.69 Å². The Kier molecular flexibility index (Phi) is 2.88. The topological polar surface area (TPSA) is 24.9 Å². The first-order valence-electron chi connectivity index (χ1n) is 6.16. The van der Waals surface area contributed by atoms with Gasteiger partial charge in [0, 0.05) is 24.3 Å². The minimum atomic E-state index is 0.742. The Balaban J connectivity index is 1.87. The zero-order chi connectivity index (χ0) is 11.5. The van der Waals surface area contributed by atoms with Gasteiger partial charge in [0.2, 0.25) is 0 Å². The number of aromatic nitrogens is 1. The molecule has 0 spiro atoms. The highest BCUT2D eigenvalue weighted by atomic mass is 14.9. The van der Waals surface area contributed by atoms with Gasteiger partial charge in [0.15, 0.2) is 0 Å². The zero-order valence-electron chi connectivity index (χ0n) is 9.76. The minimum absolute atomic E-state index is 0.742. The summed E-state index contributed by atoms with van der Waals surface area (Å²) in [5.41, 5.74) is 3.63. The van der Waals surface area contributed by atoms with E-state index in [4.69, 9.17) is 0 Å². The standard InChI is InChI=1S/C15H16N2/c1-2-6-14(15-7-3-4-10-16-15)12(5-1)11-17-13-8-9-13/h1-7,10,13,17H,8-9,11H2.